The number of thioether (sulfide) groups is 1. The first kappa shape index (κ1) is 15.7. The van der Waals surface area contributed by atoms with E-state index in [2.05, 4.69) is 51.3 Å². The molecule has 0 radical (unpaired) electrons. The van der Waals surface area contributed by atoms with Crippen LogP contribution in [0.25, 0.3) is 0 Å². The van der Waals surface area contributed by atoms with Crippen molar-refractivity contribution >= 4 is 11.8 Å². The van der Waals surface area contributed by atoms with Crippen LogP contribution in [0, 0.1) is 11.3 Å². The summed E-state index contributed by atoms with van der Waals surface area (Å²) in [6.07, 6.45) is 3.91. The largest absolute Gasteiger partial charge is 0.329 e. The lowest BCUT2D eigenvalue weighted by Gasteiger charge is -2.55. The van der Waals surface area contributed by atoms with Gasteiger partial charge in [0.25, 0.3) is 0 Å². The molecule has 0 aromatic carbocycles. The van der Waals surface area contributed by atoms with E-state index in [-0.39, 0.29) is 5.54 Å². The Kier molecular flexibility index (Phi) is 4.59. The van der Waals surface area contributed by atoms with Gasteiger partial charge in [-0.05, 0) is 30.6 Å². The molecule has 1 aliphatic carbocycles. The molecule has 1 saturated carbocycles. The minimum absolute atomic E-state index is 0.255. The van der Waals surface area contributed by atoms with Crippen LogP contribution in [0.3, 0.4) is 0 Å². The molecule has 2 rings (SSSR count). The maximum absolute atomic E-state index is 6.29. The highest BCUT2D eigenvalue weighted by Gasteiger charge is 2.47. The molecular formula is C16H32N2S. The second-order valence-electron chi connectivity index (χ2n) is 7.95. The molecule has 0 aromatic rings. The van der Waals surface area contributed by atoms with Crippen LogP contribution in [0.4, 0.5) is 0 Å². The van der Waals surface area contributed by atoms with Crippen LogP contribution in [-0.2, 0) is 0 Å². The normalized spacial score (nSPS) is 44.2. The van der Waals surface area contributed by atoms with Crippen LogP contribution in [0.1, 0.15) is 53.9 Å². The fraction of sp³-hybridized carbons (Fsp3) is 1.00. The van der Waals surface area contributed by atoms with Crippen molar-refractivity contribution in [2.75, 3.05) is 19.6 Å². The van der Waals surface area contributed by atoms with Gasteiger partial charge in [0.15, 0.2) is 0 Å². The van der Waals surface area contributed by atoms with Gasteiger partial charge < -0.3 is 5.73 Å². The van der Waals surface area contributed by atoms with Gasteiger partial charge in [-0.25, -0.2) is 0 Å². The Morgan fingerprint density at radius 3 is 2.16 bits per heavy atom. The van der Waals surface area contributed by atoms with Gasteiger partial charge in [-0.1, -0.05) is 34.6 Å². The van der Waals surface area contributed by atoms with E-state index in [0.29, 0.717) is 5.41 Å². The van der Waals surface area contributed by atoms with E-state index in [1.807, 2.05) is 0 Å². The zero-order valence-electron chi connectivity index (χ0n) is 13.4. The molecule has 0 bridgehead atoms. The quantitative estimate of drug-likeness (QED) is 0.843. The summed E-state index contributed by atoms with van der Waals surface area (Å²) in [5, 5.41) is 1.49. The van der Waals surface area contributed by atoms with Gasteiger partial charge in [0, 0.05) is 35.7 Å². The summed E-state index contributed by atoms with van der Waals surface area (Å²) in [5.41, 5.74) is 6.99. The molecule has 2 fully saturated rings. The summed E-state index contributed by atoms with van der Waals surface area (Å²) in [7, 11) is 0. The van der Waals surface area contributed by atoms with Crippen molar-refractivity contribution < 1.29 is 0 Å². The van der Waals surface area contributed by atoms with E-state index in [9.17, 15) is 0 Å². The highest BCUT2D eigenvalue weighted by molar-refractivity contribution is 8.00. The maximum atomic E-state index is 6.29. The van der Waals surface area contributed by atoms with E-state index in [0.717, 1.165) is 23.0 Å². The van der Waals surface area contributed by atoms with Gasteiger partial charge >= 0.3 is 0 Å². The molecular weight excluding hydrogens is 252 g/mol. The van der Waals surface area contributed by atoms with Crippen molar-refractivity contribution in [3.05, 3.63) is 0 Å². The third-order valence-corrected chi connectivity index (χ3v) is 6.13. The molecule has 1 heterocycles. The predicted octanol–water partition coefficient (Wildman–Crippen LogP) is 3.36. The van der Waals surface area contributed by atoms with Crippen LogP contribution in [0.5, 0.6) is 0 Å². The Labute approximate surface area is 123 Å². The topological polar surface area (TPSA) is 29.3 Å². The number of nitrogens with two attached hydrogens (primary N) is 1. The molecule has 1 aliphatic heterocycles. The van der Waals surface area contributed by atoms with Gasteiger partial charge in [-0.2, -0.15) is 11.8 Å². The first-order valence-corrected chi connectivity index (χ1v) is 8.81. The highest BCUT2D eigenvalue weighted by Crippen LogP contribution is 2.47. The SMILES string of the molecule is CC1CC(C)(C)CC(CN)(N2CC(C)SC(C)C2)C1. The molecule has 112 valence electrons. The molecule has 1 saturated heterocycles. The van der Waals surface area contributed by atoms with Crippen LogP contribution in [-0.4, -0.2) is 40.6 Å². The van der Waals surface area contributed by atoms with E-state index < -0.39 is 0 Å². The molecule has 2 N–H and O–H groups in total. The van der Waals surface area contributed by atoms with Gasteiger partial charge in [-0.3, -0.25) is 4.90 Å². The molecule has 4 atom stereocenters. The fourth-order valence-corrected chi connectivity index (χ4v) is 6.12. The number of rotatable bonds is 2. The Morgan fingerprint density at radius 1 is 1.11 bits per heavy atom. The van der Waals surface area contributed by atoms with Crippen molar-refractivity contribution in [2.24, 2.45) is 17.1 Å². The molecule has 0 amide bonds. The third kappa shape index (κ3) is 3.48. The minimum Gasteiger partial charge on any atom is -0.329 e. The zero-order valence-corrected chi connectivity index (χ0v) is 14.2. The molecule has 0 spiro atoms. The molecule has 4 unspecified atom stereocenters. The molecule has 2 aliphatic rings. The van der Waals surface area contributed by atoms with Crippen LogP contribution in [0.15, 0.2) is 0 Å². The monoisotopic (exact) mass is 284 g/mol. The van der Waals surface area contributed by atoms with Crippen LogP contribution in [0.2, 0.25) is 0 Å². The predicted molar refractivity (Wildman–Crippen MR) is 86.7 cm³/mol. The lowest BCUT2D eigenvalue weighted by Crippen LogP contribution is -2.62. The molecule has 0 aromatic heterocycles. The summed E-state index contributed by atoms with van der Waals surface area (Å²) in [5.74, 6) is 0.799. The fourth-order valence-electron chi connectivity index (χ4n) is 4.79. The Morgan fingerprint density at radius 2 is 1.68 bits per heavy atom. The summed E-state index contributed by atoms with van der Waals surface area (Å²) in [4.78, 5) is 2.75. The lowest BCUT2D eigenvalue weighted by molar-refractivity contribution is -0.0125. The first-order chi connectivity index (χ1) is 8.76. The van der Waals surface area contributed by atoms with Crippen molar-refractivity contribution in [1.29, 1.82) is 0 Å². The average Bonchev–Trinajstić information content (AvgIpc) is 2.24. The van der Waals surface area contributed by atoms with Crippen molar-refractivity contribution in [2.45, 2.75) is 69.9 Å². The van der Waals surface area contributed by atoms with E-state index in [1.54, 1.807) is 0 Å². The van der Waals surface area contributed by atoms with Gasteiger partial charge in [0.2, 0.25) is 0 Å². The maximum Gasteiger partial charge on any atom is 0.0340 e. The standard InChI is InChI=1S/C16H32N2S/c1-12-6-15(4,5)10-16(7-12,11-17)18-8-13(2)19-14(3)9-18/h12-14H,6-11,17H2,1-5H3. The van der Waals surface area contributed by atoms with E-state index in [4.69, 9.17) is 5.73 Å². The van der Waals surface area contributed by atoms with Gasteiger partial charge in [0.1, 0.15) is 0 Å². The van der Waals surface area contributed by atoms with Crippen molar-refractivity contribution in [1.82, 2.24) is 4.90 Å². The molecule has 2 nitrogen and oxygen atoms in total. The van der Waals surface area contributed by atoms with Crippen LogP contribution < -0.4 is 5.73 Å². The average molecular weight is 285 g/mol. The van der Waals surface area contributed by atoms with Gasteiger partial charge in [0.05, 0.1) is 0 Å². The zero-order chi connectivity index (χ0) is 14.3. The van der Waals surface area contributed by atoms with Crippen molar-refractivity contribution in [3.8, 4) is 0 Å². The lowest BCUT2D eigenvalue weighted by atomic mass is 9.63. The first-order valence-electron chi connectivity index (χ1n) is 7.87. The minimum atomic E-state index is 0.255. The van der Waals surface area contributed by atoms with Crippen LogP contribution >= 0.6 is 11.8 Å². The Balaban J connectivity index is 2.21. The smallest absolute Gasteiger partial charge is 0.0340 e. The second kappa shape index (κ2) is 5.57. The number of hydrogen-bond acceptors (Lipinski definition) is 3. The Hall–Kier alpha value is 0.270. The third-order valence-electron chi connectivity index (χ3n) is 4.91. The number of nitrogens with zero attached hydrogens (tertiary/aromatic N) is 1. The summed E-state index contributed by atoms with van der Waals surface area (Å²) in [6, 6.07) is 0. The highest BCUT2D eigenvalue weighted by atomic mass is 32.2. The molecule has 3 heteroatoms. The summed E-state index contributed by atoms with van der Waals surface area (Å²) < 4.78 is 0. The van der Waals surface area contributed by atoms with Gasteiger partial charge in [-0.15, -0.1) is 0 Å². The molecule has 19 heavy (non-hydrogen) atoms. The van der Waals surface area contributed by atoms with E-state index >= 15 is 0 Å². The van der Waals surface area contributed by atoms with E-state index in [1.165, 1.54) is 32.4 Å². The van der Waals surface area contributed by atoms with Crippen molar-refractivity contribution in [3.63, 3.8) is 0 Å². The second-order valence-corrected chi connectivity index (χ2v) is 9.83. The number of hydrogen-bond donors (Lipinski definition) is 1. The Bertz CT molecular complexity index is 308. The summed E-state index contributed by atoms with van der Waals surface area (Å²) >= 11 is 2.14. The summed E-state index contributed by atoms with van der Waals surface area (Å²) in [6.45, 7) is 15.3.